The van der Waals surface area contributed by atoms with Crippen molar-refractivity contribution in [1.29, 1.82) is 0 Å². The van der Waals surface area contributed by atoms with Crippen LogP contribution in [0.3, 0.4) is 0 Å². The Hall–Kier alpha value is -1.83. The van der Waals surface area contributed by atoms with E-state index in [0.717, 1.165) is 5.56 Å². The molecule has 1 aromatic rings. The van der Waals surface area contributed by atoms with Gasteiger partial charge in [0.05, 0.1) is 6.21 Å². The predicted octanol–water partition coefficient (Wildman–Crippen LogP) is 2.72. The Kier molecular flexibility index (Phi) is 4.11. The Morgan fingerprint density at radius 1 is 1.00 bits per heavy atom. The third kappa shape index (κ3) is 3.91. The number of rotatable bonds is 3. The van der Waals surface area contributed by atoms with Crippen LogP contribution in [-0.4, -0.2) is 11.4 Å². The Morgan fingerprint density at radius 2 is 1.77 bits per heavy atom. The van der Waals surface area contributed by atoms with E-state index in [4.69, 9.17) is 5.21 Å². The normalized spacial score (nSPS) is 12.0. The third-order valence-electron chi connectivity index (χ3n) is 1.46. The first-order chi connectivity index (χ1) is 6.43. The van der Waals surface area contributed by atoms with E-state index >= 15 is 0 Å². The molecule has 0 saturated heterocycles. The highest BCUT2D eigenvalue weighted by atomic mass is 16.4. The fourth-order valence-electron chi connectivity index (χ4n) is 0.883. The van der Waals surface area contributed by atoms with Crippen LogP contribution in [0.15, 0.2) is 53.7 Å². The molecule has 2 heteroatoms. The van der Waals surface area contributed by atoms with E-state index in [2.05, 4.69) is 5.16 Å². The Morgan fingerprint density at radius 3 is 2.46 bits per heavy atom. The summed E-state index contributed by atoms with van der Waals surface area (Å²) < 4.78 is 0. The minimum atomic E-state index is 1.15. The van der Waals surface area contributed by atoms with Gasteiger partial charge in [0.1, 0.15) is 0 Å². The van der Waals surface area contributed by atoms with Gasteiger partial charge in [0, 0.05) is 0 Å². The average Bonchev–Trinajstić information content (AvgIpc) is 2.19. The van der Waals surface area contributed by atoms with Gasteiger partial charge in [-0.25, -0.2) is 0 Å². The van der Waals surface area contributed by atoms with Crippen molar-refractivity contribution in [3.63, 3.8) is 0 Å². The molecule has 2 nitrogen and oxygen atoms in total. The van der Waals surface area contributed by atoms with E-state index in [9.17, 15) is 0 Å². The first-order valence-corrected chi connectivity index (χ1v) is 3.99. The summed E-state index contributed by atoms with van der Waals surface area (Å²) in [4.78, 5) is 0. The number of benzene rings is 1. The highest BCUT2D eigenvalue weighted by molar-refractivity contribution is 5.71. The second kappa shape index (κ2) is 5.77. The summed E-state index contributed by atoms with van der Waals surface area (Å²) in [6, 6.07) is 9.98. The van der Waals surface area contributed by atoms with Crippen LogP contribution in [-0.2, 0) is 0 Å². The van der Waals surface area contributed by atoms with Crippen molar-refractivity contribution in [2.45, 2.75) is 0 Å². The highest BCUT2D eigenvalue weighted by Gasteiger charge is 1.78. The van der Waals surface area contributed by atoms with Crippen LogP contribution in [0.1, 0.15) is 5.56 Å². The maximum atomic E-state index is 8.08. The average molecular weight is 173 g/mol. The molecule has 0 atom stereocenters. The van der Waals surface area contributed by atoms with E-state index in [0.29, 0.717) is 0 Å². The molecule has 0 amide bonds. The minimum Gasteiger partial charge on any atom is -0.411 e. The maximum Gasteiger partial charge on any atom is 0.0661 e. The Labute approximate surface area is 77.5 Å². The van der Waals surface area contributed by atoms with Crippen LogP contribution in [0.2, 0.25) is 0 Å². The summed E-state index contributed by atoms with van der Waals surface area (Å²) in [6.07, 6.45) is 8.63. The summed E-state index contributed by atoms with van der Waals surface area (Å²) in [5.74, 6) is 0. The first-order valence-electron chi connectivity index (χ1n) is 3.99. The fourth-order valence-corrected chi connectivity index (χ4v) is 0.883. The maximum absolute atomic E-state index is 8.08. The van der Waals surface area contributed by atoms with E-state index in [1.54, 1.807) is 12.2 Å². The molecule has 0 heterocycles. The van der Waals surface area contributed by atoms with Gasteiger partial charge in [0.2, 0.25) is 0 Å². The van der Waals surface area contributed by atoms with Crippen molar-refractivity contribution in [3.8, 4) is 0 Å². The molecule has 0 spiro atoms. The molecule has 1 aromatic carbocycles. The van der Waals surface area contributed by atoms with Gasteiger partial charge < -0.3 is 5.21 Å². The lowest BCUT2D eigenvalue weighted by Crippen LogP contribution is -1.67. The zero-order valence-electron chi connectivity index (χ0n) is 7.17. The summed E-state index contributed by atoms with van der Waals surface area (Å²) >= 11 is 0. The smallest absolute Gasteiger partial charge is 0.0661 e. The van der Waals surface area contributed by atoms with Crippen LogP contribution in [0.25, 0.3) is 6.08 Å². The van der Waals surface area contributed by atoms with Gasteiger partial charge >= 0.3 is 0 Å². The van der Waals surface area contributed by atoms with Gasteiger partial charge in [-0.1, -0.05) is 53.7 Å². The predicted molar refractivity (Wildman–Crippen MR) is 54.9 cm³/mol. The summed E-state index contributed by atoms with van der Waals surface area (Å²) in [5, 5.41) is 10.9. The van der Waals surface area contributed by atoms with Gasteiger partial charge in [0.15, 0.2) is 0 Å². The zero-order chi connectivity index (χ0) is 9.36. The summed E-state index contributed by atoms with van der Waals surface area (Å²) in [5.41, 5.74) is 1.15. The minimum absolute atomic E-state index is 1.15. The quantitative estimate of drug-likeness (QED) is 0.324. The SMILES string of the molecule is O/N=C/C=C\C=C\c1ccccc1. The molecule has 13 heavy (non-hydrogen) atoms. The second-order valence-corrected chi connectivity index (χ2v) is 2.42. The van der Waals surface area contributed by atoms with Crippen molar-refractivity contribution in [3.05, 3.63) is 54.1 Å². The first kappa shape index (κ1) is 9.26. The van der Waals surface area contributed by atoms with Crippen molar-refractivity contribution in [2.24, 2.45) is 5.16 Å². The molecule has 0 bridgehead atoms. The van der Waals surface area contributed by atoms with Crippen molar-refractivity contribution in [2.75, 3.05) is 0 Å². The van der Waals surface area contributed by atoms with Crippen LogP contribution in [0, 0.1) is 0 Å². The number of oxime groups is 1. The molecule has 0 aliphatic heterocycles. The molecule has 0 aliphatic carbocycles. The second-order valence-electron chi connectivity index (χ2n) is 2.42. The molecule has 1 rings (SSSR count). The molecular weight excluding hydrogens is 162 g/mol. The number of hydrogen-bond acceptors (Lipinski definition) is 2. The molecule has 0 saturated carbocycles. The van der Waals surface area contributed by atoms with E-state index in [-0.39, 0.29) is 0 Å². The largest absolute Gasteiger partial charge is 0.411 e. The van der Waals surface area contributed by atoms with Crippen molar-refractivity contribution < 1.29 is 5.21 Å². The van der Waals surface area contributed by atoms with Crippen LogP contribution in [0.4, 0.5) is 0 Å². The molecule has 0 unspecified atom stereocenters. The summed E-state index contributed by atoms with van der Waals surface area (Å²) in [6.45, 7) is 0. The Balaban J connectivity index is 2.50. The van der Waals surface area contributed by atoms with E-state index < -0.39 is 0 Å². The van der Waals surface area contributed by atoms with E-state index in [1.165, 1.54) is 6.21 Å². The lowest BCUT2D eigenvalue weighted by atomic mass is 10.2. The third-order valence-corrected chi connectivity index (χ3v) is 1.46. The number of allylic oxidation sites excluding steroid dienone is 3. The van der Waals surface area contributed by atoms with Crippen LogP contribution in [0.5, 0.6) is 0 Å². The summed E-state index contributed by atoms with van der Waals surface area (Å²) in [7, 11) is 0. The lowest BCUT2D eigenvalue weighted by Gasteiger charge is -1.87. The topological polar surface area (TPSA) is 32.6 Å². The van der Waals surface area contributed by atoms with Gasteiger partial charge in [-0.3, -0.25) is 0 Å². The highest BCUT2D eigenvalue weighted by Crippen LogP contribution is 2.00. The molecule has 0 fully saturated rings. The molecule has 0 aliphatic rings. The van der Waals surface area contributed by atoms with Crippen LogP contribution < -0.4 is 0 Å². The molecule has 0 aromatic heterocycles. The standard InChI is InChI=1S/C11H11NO/c13-12-10-6-2-5-9-11-7-3-1-4-8-11/h1-10,13H/b6-2-,9-5+,12-10+. The lowest BCUT2D eigenvalue weighted by molar-refractivity contribution is 0.322. The van der Waals surface area contributed by atoms with Gasteiger partial charge in [-0.2, -0.15) is 0 Å². The van der Waals surface area contributed by atoms with Gasteiger partial charge in [-0.15, -0.1) is 0 Å². The van der Waals surface area contributed by atoms with E-state index in [1.807, 2.05) is 42.5 Å². The fraction of sp³-hybridized carbons (Fsp3) is 0. The molecule has 66 valence electrons. The Bertz CT molecular complexity index is 312. The van der Waals surface area contributed by atoms with Gasteiger partial charge in [0.25, 0.3) is 0 Å². The van der Waals surface area contributed by atoms with Crippen molar-refractivity contribution in [1.82, 2.24) is 0 Å². The van der Waals surface area contributed by atoms with Crippen molar-refractivity contribution >= 4 is 12.3 Å². The zero-order valence-corrected chi connectivity index (χ0v) is 7.17. The number of nitrogens with zero attached hydrogens (tertiary/aromatic N) is 1. The van der Waals surface area contributed by atoms with Gasteiger partial charge in [-0.05, 0) is 11.6 Å². The van der Waals surface area contributed by atoms with Crippen LogP contribution >= 0.6 is 0 Å². The monoisotopic (exact) mass is 173 g/mol. The molecule has 0 radical (unpaired) electrons. The number of hydrogen-bond donors (Lipinski definition) is 1. The molecular formula is C11H11NO. The molecule has 1 N–H and O–H groups in total.